The second kappa shape index (κ2) is 15.2. The van der Waals surface area contributed by atoms with E-state index in [1.165, 1.54) is 9.47 Å². The van der Waals surface area contributed by atoms with Gasteiger partial charge in [-0.05, 0) is 44.4 Å². The Bertz CT molecular complexity index is 1030. The third-order valence-corrected chi connectivity index (χ3v) is 6.79. The minimum atomic E-state index is -0.739. The molecule has 0 unspecified atom stereocenters. The standard InChI is InChI=1S/C26H43N5O6/c1-4-6-8-16-30(23-24(27)31(15-7-5-2)26(36)29-25(23)35)21(33)13-14-22(34)37-17-20(32)28-19-11-9-18(3)10-12-19/h18-19H,4-17,27H2,1-3H3,(H,28,32)(H,29,35,36). The Balaban J connectivity index is 2.01. The van der Waals surface area contributed by atoms with Crippen molar-refractivity contribution in [2.75, 3.05) is 23.8 Å². The monoisotopic (exact) mass is 521 g/mol. The number of carbonyl (C=O) groups is 3. The van der Waals surface area contributed by atoms with Crippen LogP contribution in [0.25, 0.3) is 0 Å². The predicted molar refractivity (Wildman–Crippen MR) is 142 cm³/mol. The van der Waals surface area contributed by atoms with Crippen LogP contribution in [0.4, 0.5) is 11.5 Å². The van der Waals surface area contributed by atoms with Crippen molar-refractivity contribution >= 4 is 29.3 Å². The van der Waals surface area contributed by atoms with Gasteiger partial charge in [0.2, 0.25) is 5.91 Å². The number of nitrogens with one attached hydrogen (secondary N) is 2. The Hall–Kier alpha value is -3.11. The number of anilines is 2. The van der Waals surface area contributed by atoms with Gasteiger partial charge in [0, 0.05) is 25.6 Å². The highest BCUT2D eigenvalue weighted by molar-refractivity contribution is 5.97. The van der Waals surface area contributed by atoms with E-state index in [0.29, 0.717) is 25.3 Å². The third-order valence-electron chi connectivity index (χ3n) is 6.79. The topological polar surface area (TPSA) is 157 Å². The summed E-state index contributed by atoms with van der Waals surface area (Å²) in [6, 6.07) is 0.102. The Morgan fingerprint density at radius 2 is 1.73 bits per heavy atom. The van der Waals surface area contributed by atoms with Crippen molar-refractivity contribution in [3.05, 3.63) is 20.8 Å². The predicted octanol–water partition coefficient (Wildman–Crippen LogP) is 2.46. The molecule has 1 aliphatic rings. The second-order valence-electron chi connectivity index (χ2n) is 9.94. The highest BCUT2D eigenvalue weighted by atomic mass is 16.5. The first kappa shape index (κ1) is 30.1. The molecule has 0 spiro atoms. The molecule has 0 saturated heterocycles. The van der Waals surface area contributed by atoms with Gasteiger partial charge in [-0.1, -0.05) is 40.0 Å². The Kier molecular flexibility index (Phi) is 12.4. The minimum Gasteiger partial charge on any atom is -0.456 e. The van der Waals surface area contributed by atoms with Crippen LogP contribution in [0, 0.1) is 5.92 Å². The number of hydrogen-bond acceptors (Lipinski definition) is 7. The van der Waals surface area contributed by atoms with Gasteiger partial charge in [-0.25, -0.2) is 4.79 Å². The van der Waals surface area contributed by atoms with Gasteiger partial charge < -0.3 is 20.7 Å². The number of esters is 1. The van der Waals surface area contributed by atoms with Gasteiger partial charge in [-0.2, -0.15) is 0 Å². The van der Waals surface area contributed by atoms with E-state index in [9.17, 15) is 24.0 Å². The molecule has 37 heavy (non-hydrogen) atoms. The molecule has 0 aromatic carbocycles. The molecule has 0 atom stereocenters. The number of nitrogens with zero attached hydrogens (tertiary/aromatic N) is 2. The third kappa shape index (κ3) is 9.36. The number of carbonyl (C=O) groups excluding carboxylic acids is 3. The summed E-state index contributed by atoms with van der Waals surface area (Å²) in [6.45, 7) is 6.32. The zero-order valence-electron chi connectivity index (χ0n) is 22.5. The van der Waals surface area contributed by atoms with E-state index in [2.05, 4.69) is 17.2 Å². The molecule has 0 radical (unpaired) electrons. The van der Waals surface area contributed by atoms with Crippen LogP contribution >= 0.6 is 0 Å². The Morgan fingerprint density at radius 3 is 2.38 bits per heavy atom. The fourth-order valence-electron chi connectivity index (χ4n) is 4.49. The molecule has 4 N–H and O–H groups in total. The van der Waals surface area contributed by atoms with Crippen LogP contribution in [-0.4, -0.2) is 46.5 Å². The Labute approximate surface area is 218 Å². The SMILES string of the molecule is CCCCCN(C(=O)CCC(=O)OCC(=O)NC1CCC(C)CC1)c1c(N)n(CCCC)c(=O)[nH]c1=O. The molecule has 1 aliphatic carbocycles. The molecule has 1 aromatic rings. The molecule has 11 heteroatoms. The maximum absolute atomic E-state index is 13.1. The lowest BCUT2D eigenvalue weighted by Crippen LogP contribution is -2.42. The van der Waals surface area contributed by atoms with Crippen LogP contribution in [0.3, 0.4) is 0 Å². The minimum absolute atomic E-state index is 0.0663. The Morgan fingerprint density at radius 1 is 1.05 bits per heavy atom. The maximum Gasteiger partial charge on any atom is 0.330 e. The molecule has 11 nitrogen and oxygen atoms in total. The summed E-state index contributed by atoms with van der Waals surface area (Å²) in [7, 11) is 0. The van der Waals surface area contributed by atoms with Gasteiger partial charge >= 0.3 is 11.7 Å². The normalized spacial score (nSPS) is 17.3. The maximum atomic E-state index is 13.1. The molecule has 2 amide bonds. The summed E-state index contributed by atoms with van der Waals surface area (Å²) in [5, 5.41) is 2.89. The van der Waals surface area contributed by atoms with E-state index in [-0.39, 0.29) is 42.8 Å². The van der Waals surface area contributed by atoms with Crippen molar-refractivity contribution in [1.82, 2.24) is 14.9 Å². The van der Waals surface area contributed by atoms with E-state index < -0.39 is 29.7 Å². The average molecular weight is 522 g/mol. The number of aromatic amines is 1. The molecule has 2 rings (SSSR count). The molecular weight excluding hydrogens is 478 g/mol. The average Bonchev–Trinajstić information content (AvgIpc) is 2.86. The fourth-order valence-corrected chi connectivity index (χ4v) is 4.49. The summed E-state index contributed by atoms with van der Waals surface area (Å²) in [6.07, 6.45) is 7.33. The van der Waals surface area contributed by atoms with Gasteiger partial charge in [-0.3, -0.25) is 28.7 Å². The summed E-state index contributed by atoms with van der Waals surface area (Å²) in [4.78, 5) is 66.0. The number of amides is 2. The van der Waals surface area contributed by atoms with Crippen LogP contribution in [0.15, 0.2) is 9.59 Å². The number of aromatic nitrogens is 2. The molecule has 208 valence electrons. The molecule has 1 aromatic heterocycles. The van der Waals surface area contributed by atoms with E-state index in [1.54, 1.807) is 0 Å². The zero-order chi connectivity index (χ0) is 27.4. The summed E-state index contributed by atoms with van der Waals surface area (Å²) in [5.74, 6) is -0.913. The first-order valence-electron chi connectivity index (χ1n) is 13.6. The number of hydrogen-bond donors (Lipinski definition) is 3. The summed E-state index contributed by atoms with van der Waals surface area (Å²) < 4.78 is 6.33. The number of nitrogen functional groups attached to an aromatic ring is 1. The molecule has 1 saturated carbocycles. The first-order valence-corrected chi connectivity index (χ1v) is 13.6. The van der Waals surface area contributed by atoms with Crippen molar-refractivity contribution in [1.29, 1.82) is 0 Å². The van der Waals surface area contributed by atoms with E-state index >= 15 is 0 Å². The number of H-pyrrole nitrogens is 1. The van der Waals surface area contributed by atoms with Gasteiger partial charge in [-0.15, -0.1) is 0 Å². The molecule has 1 heterocycles. The lowest BCUT2D eigenvalue weighted by molar-refractivity contribution is -0.149. The smallest absolute Gasteiger partial charge is 0.330 e. The van der Waals surface area contributed by atoms with Gasteiger partial charge in [0.15, 0.2) is 12.3 Å². The van der Waals surface area contributed by atoms with Crippen molar-refractivity contribution in [3.8, 4) is 0 Å². The van der Waals surface area contributed by atoms with Crippen molar-refractivity contribution < 1.29 is 19.1 Å². The fraction of sp³-hybridized carbons (Fsp3) is 0.731. The van der Waals surface area contributed by atoms with Crippen LogP contribution in [0.5, 0.6) is 0 Å². The highest BCUT2D eigenvalue weighted by Crippen LogP contribution is 2.23. The van der Waals surface area contributed by atoms with Gasteiger partial charge in [0.05, 0.1) is 6.42 Å². The summed E-state index contributed by atoms with van der Waals surface area (Å²) in [5.41, 5.74) is 4.77. The van der Waals surface area contributed by atoms with Crippen LogP contribution in [-0.2, 0) is 25.7 Å². The van der Waals surface area contributed by atoms with Crippen LogP contribution in [0.2, 0.25) is 0 Å². The lowest BCUT2D eigenvalue weighted by atomic mass is 9.87. The lowest BCUT2D eigenvalue weighted by Gasteiger charge is -2.26. The number of ether oxygens (including phenoxy) is 1. The highest BCUT2D eigenvalue weighted by Gasteiger charge is 2.25. The van der Waals surface area contributed by atoms with E-state index in [0.717, 1.165) is 44.9 Å². The van der Waals surface area contributed by atoms with Gasteiger partial charge in [0.25, 0.3) is 11.5 Å². The van der Waals surface area contributed by atoms with Crippen LogP contribution < -0.4 is 27.2 Å². The van der Waals surface area contributed by atoms with E-state index in [4.69, 9.17) is 10.5 Å². The molecular formula is C26H43N5O6. The van der Waals surface area contributed by atoms with Crippen molar-refractivity contribution in [2.24, 2.45) is 5.92 Å². The summed E-state index contributed by atoms with van der Waals surface area (Å²) >= 11 is 0. The zero-order valence-corrected chi connectivity index (χ0v) is 22.5. The number of unbranched alkanes of at least 4 members (excludes halogenated alkanes) is 3. The molecule has 0 aliphatic heterocycles. The number of rotatable bonds is 14. The van der Waals surface area contributed by atoms with Gasteiger partial charge in [0.1, 0.15) is 5.82 Å². The van der Waals surface area contributed by atoms with Crippen molar-refractivity contribution in [3.63, 3.8) is 0 Å². The molecule has 1 fully saturated rings. The van der Waals surface area contributed by atoms with E-state index in [1.807, 2.05) is 13.8 Å². The van der Waals surface area contributed by atoms with Crippen LogP contribution in [0.1, 0.15) is 91.4 Å². The number of nitrogens with two attached hydrogens (primary N) is 1. The van der Waals surface area contributed by atoms with Crippen molar-refractivity contribution in [2.45, 2.75) is 104 Å². The first-order chi connectivity index (χ1) is 17.7. The molecule has 0 bridgehead atoms. The second-order valence-corrected chi connectivity index (χ2v) is 9.94. The largest absolute Gasteiger partial charge is 0.456 e. The quantitative estimate of drug-likeness (QED) is 0.251.